The average molecular weight is 605 g/mol. The molecule has 0 radical (unpaired) electrons. The number of carboxylic acids is 1. The Kier molecular flexibility index (Phi) is 8.39. The normalized spacial score (nSPS) is 12.3. The Morgan fingerprint density at radius 1 is 0.977 bits per heavy atom. The molecule has 0 unspecified atom stereocenters. The maximum atomic E-state index is 14.1. The molecule has 3 heterocycles. The van der Waals surface area contributed by atoms with E-state index >= 15 is 0 Å². The second-order valence-corrected chi connectivity index (χ2v) is 14.5. The van der Waals surface area contributed by atoms with Crippen LogP contribution in [0.5, 0.6) is 5.75 Å². The van der Waals surface area contributed by atoms with E-state index < -0.39 is 32.4 Å². The number of hydrogen-bond donors (Lipinski definition) is 1. The van der Waals surface area contributed by atoms with Gasteiger partial charge in [0.2, 0.25) is 5.78 Å². The van der Waals surface area contributed by atoms with Crippen LogP contribution in [0, 0.1) is 17.8 Å². The van der Waals surface area contributed by atoms with E-state index in [1.54, 1.807) is 57.3 Å². The van der Waals surface area contributed by atoms with Gasteiger partial charge in [0.05, 0.1) is 27.2 Å². The van der Waals surface area contributed by atoms with Crippen molar-refractivity contribution in [3.8, 4) is 5.75 Å². The zero-order valence-corrected chi connectivity index (χ0v) is 26.2. The fourth-order valence-electron chi connectivity index (χ4n) is 4.77. The van der Waals surface area contributed by atoms with Crippen molar-refractivity contribution in [3.05, 3.63) is 94.6 Å². The summed E-state index contributed by atoms with van der Waals surface area (Å²) in [6.45, 7) is 10.4. The predicted molar refractivity (Wildman–Crippen MR) is 163 cm³/mol. The standard InChI is InChI=1S/C33H36N2O7S/c1-20-9-8-10-22(34-20)19-42-23-15-16-35-26(17-23)27(30(37)32(2,3)4)25(18-33(5,6)31(38)39)28(35)29(36)21-11-13-24(14-12-21)43(7,40)41/h8-17H,18-19H2,1-7H3,(H,38,39). The molecule has 0 aliphatic heterocycles. The van der Waals surface area contributed by atoms with Gasteiger partial charge in [0.25, 0.3) is 0 Å². The van der Waals surface area contributed by atoms with E-state index in [0.717, 1.165) is 17.6 Å². The number of carboxylic acid groups (broad SMARTS) is 1. The van der Waals surface area contributed by atoms with E-state index in [1.807, 2.05) is 25.1 Å². The van der Waals surface area contributed by atoms with Crippen LogP contribution in [0.2, 0.25) is 0 Å². The summed E-state index contributed by atoms with van der Waals surface area (Å²) in [6, 6.07) is 14.5. The highest BCUT2D eigenvalue weighted by molar-refractivity contribution is 7.90. The number of benzene rings is 1. The first-order valence-corrected chi connectivity index (χ1v) is 15.6. The zero-order chi connectivity index (χ0) is 31.9. The number of hydrogen-bond acceptors (Lipinski definition) is 7. The molecule has 0 amide bonds. The number of fused-ring (bicyclic) bond motifs is 1. The molecule has 0 spiro atoms. The lowest BCUT2D eigenvalue weighted by Gasteiger charge is -2.22. The van der Waals surface area contributed by atoms with Gasteiger partial charge >= 0.3 is 5.97 Å². The molecule has 43 heavy (non-hydrogen) atoms. The largest absolute Gasteiger partial charge is 0.487 e. The Morgan fingerprint density at radius 3 is 2.19 bits per heavy atom. The van der Waals surface area contributed by atoms with Crippen LogP contribution in [-0.4, -0.2) is 46.7 Å². The molecule has 3 aromatic heterocycles. The minimum Gasteiger partial charge on any atom is -0.487 e. The van der Waals surface area contributed by atoms with E-state index in [2.05, 4.69) is 4.98 Å². The topological polar surface area (TPSA) is 132 Å². The third-order valence-corrected chi connectivity index (χ3v) is 8.34. The number of rotatable bonds is 10. The summed E-state index contributed by atoms with van der Waals surface area (Å²) >= 11 is 0. The van der Waals surface area contributed by atoms with Gasteiger partial charge in [-0.25, -0.2) is 8.42 Å². The van der Waals surface area contributed by atoms with Gasteiger partial charge in [-0.3, -0.25) is 19.4 Å². The van der Waals surface area contributed by atoms with Crippen molar-refractivity contribution >= 4 is 32.9 Å². The number of sulfone groups is 1. The van der Waals surface area contributed by atoms with Crippen molar-refractivity contribution in [1.29, 1.82) is 0 Å². The number of pyridine rings is 2. The van der Waals surface area contributed by atoms with Crippen LogP contribution in [0.15, 0.2) is 65.7 Å². The fraction of sp³-hybridized carbons (Fsp3) is 0.333. The Hall–Kier alpha value is -4.31. The highest BCUT2D eigenvalue weighted by Gasteiger charge is 2.37. The van der Waals surface area contributed by atoms with Crippen molar-refractivity contribution in [1.82, 2.24) is 9.38 Å². The SMILES string of the molecule is Cc1cccc(COc2ccn3c(C(=O)c4ccc(S(C)(=O)=O)cc4)c(CC(C)(C)C(=O)O)c(C(=O)C(C)(C)C)c3c2)n1. The lowest BCUT2D eigenvalue weighted by atomic mass is 9.79. The zero-order valence-electron chi connectivity index (χ0n) is 25.4. The third-order valence-electron chi connectivity index (χ3n) is 7.21. The molecular formula is C33H36N2O7S. The number of ether oxygens (including phenoxy) is 1. The third kappa shape index (κ3) is 6.69. The number of aliphatic carboxylic acids is 1. The summed E-state index contributed by atoms with van der Waals surface area (Å²) in [4.78, 5) is 44.9. The molecule has 0 aliphatic carbocycles. The van der Waals surface area contributed by atoms with Gasteiger partial charge in [0.15, 0.2) is 15.6 Å². The second kappa shape index (κ2) is 11.4. The molecule has 0 saturated carbocycles. The van der Waals surface area contributed by atoms with Gasteiger partial charge in [-0.1, -0.05) is 26.8 Å². The smallest absolute Gasteiger partial charge is 0.309 e. The minimum atomic E-state index is -3.49. The first kappa shape index (κ1) is 31.6. The van der Waals surface area contributed by atoms with Crippen LogP contribution in [0.3, 0.4) is 0 Å². The molecule has 226 valence electrons. The van der Waals surface area contributed by atoms with Gasteiger partial charge in [0.1, 0.15) is 12.4 Å². The van der Waals surface area contributed by atoms with Gasteiger partial charge in [-0.05, 0) is 75.2 Å². The van der Waals surface area contributed by atoms with E-state index in [-0.39, 0.29) is 40.5 Å². The molecule has 0 fully saturated rings. The van der Waals surface area contributed by atoms with Gasteiger partial charge in [-0.2, -0.15) is 0 Å². The Morgan fingerprint density at radius 2 is 1.63 bits per heavy atom. The minimum absolute atomic E-state index is 0.0600. The number of aryl methyl sites for hydroxylation is 1. The van der Waals surface area contributed by atoms with Crippen LogP contribution in [0.1, 0.15) is 78.0 Å². The molecule has 1 N–H and O–H groups in total. The Balaban J connectivity index is 1.96. The average Bonchev–Trinajstić information content (AvgIpc) is 3.22. The quantitative estimate of drug-likeness (QED) is 0.227. The van der Waals surface area contributed by atoms with Crippen LogP contribution < -0.4 is 4.74 Å². The fourth-order valence-corrected chi connectivity index (χ4v) is 5.40. The van der Waals surface area contributed by atoms with E-state index in [4.69, 9.17) is 4.74 Å². The number of ketones is 2. The van der Waals surface area contributed by atoms with Crippen LogP contribution in [0.25, 0.3) is 5.52 Å². The summed E-state index contributed by atoms with van der Waals surface area (Å²) in [7, 11) is -3.49. The summed E-state index contributed by atoms with van der Waals surface area (Å²) in [5.74, 6) is -1.37. The predicted octanol–water partition coefficient (Wildman–Crippen LogP) is 5.74. The van der Waals surface area contributed by atoms with Crippen LogP contribution in [-0.2, 0) is 27.7 Å². The van der Waals surface area contributed by atoms with Gasteiger partial charge in [0, 0.05) is 40.8 Å². The molecule has 0 saturated heterocycles. The second-order valence-electron chi connectivity index (χ2n) is 12.4. The lowest BCUT2D eigenvalue weighted by molar-refractivity contribution is -0.146. The molecule has 0 atom stereocenters. The van der Waals surface area contributed by atoms with Crippen molar-refractivity contribution in [2.24, 2.45) is 10.8 Å². The molecule has 4 aromatic rings. The molecule has 4 rings (SSSR count). The molecule has 0 aliphatic rings. The molecule has 0 bridgehead atoms. The van der Waals surface area contributed by atoms with Crippen LogP contribution in [0.4, 0.5) is 0 Å². The summed E-state index contributed by atoms with van der Waals surface area (Å²) < 4.78 is 31.6. The first-order valence-electron chi connectivity index (χ1n) is 13.8. The number of aromatic nitrogens is 2. The Labute approximate surface area is 251 Å². The van der Waals surface area contributed by atoms with Gasteiger partial charge < -0.3 is 14.2 Å². The first-order chi connectivity index (χ1) is 19.9. The number of nitrogens with zero attached hydrogens (tertiary/aromatic N) is 2. The van der Waals surface area contributed by atoms with E-state index in [1.165, 1.54) is 24.3 Å². The highest BCUT2D eigenvalue weighted by Crippen LogP contribution is 2.37. The maximum Gasteiger partial charge on any atom is 0.309 e. The van der Waals surface area contributed by atoms with E-state index in [9.17, 15) is 27.9 Å². The van der Waals surface area contributed by atoms with Crippen molar-refractivity contribution < 1.29 is 32.6 Å². The number of carbonyl (C=O) groups excluding carboxylic acids is 2. The molecule has 1 aromatic carbocycles. The Bertz CT molecular complexity index is 1840. The highest BCUT2D eigenvalue weighted by atomic mass is 32.2. The van der Waals surface area contributed by atoms with Crippen LogP contribution >= 0.6 is 0 Å². The van der Waals surface area contributed by atoms with Crippen molar-refractivity contribution in [3.63, 3.8) is 0 Å². The lowest BCUT2D eigenvalue weighted by Crippen LogP contribution is -2.29. The summed E-state index contributed by atoms with van der Waals surface area (Å²) in [5.41, 5.74) is 0.685. The monoisotopic (exact) mass is 604 g/mol. The van der Waals surface area contributed by atoms with Crippen molar-refractivity contribution in [2.75, 3.05) is 6.26 Å². The maximum absolute atomic E-state index is 14.1. The molecular weight excluding hydrogens is 568 g/mol. The number of carbonyl (C=O) groups is 3. The van der Waals surface area contributed by atoms with Crippen molar-refractivity contribution in [2.45, 2.75) is 59.5 Å². The molecule has 9 nitrogen and oxygen atoms in total. The molecule has 10 heteroatoms. The summed E-state index contributed by atoms with van der Waals surface area (Å²) in [6.07, 6.45) is 2.60. The van der Waals surface area contributed by atoms with E-state index in [0.29, 0.717) is 16.8 Å². The van der Waals surface area contributed by atoms with Gasteiger partial charge in [-0.15, -0.1) is 0 Å². The summed E-state index contributed by atoms with van der Waals surface area (Å²) in [5, 5.41) is 10.0. The number of Topliss-reactive ketones (excluding diaryl/α,β-unsaturated/α-hetero) is 1.